The fourth-order valence-corrected chi connectivity index (χ4v) is 4.80. The van der Waals surface area contributed by atoms with Gasteiger partial charge in [-0.15, -0.1) is 11.3 Å². The summed E-state index contributed by atoms with van der Waals surface area (Å²) in [6, 6.07) is 18.0. The number of ketones is 1. The average molecular weight is 531 g/mol. The number of hydrogen-bond acceptors (Lipinski definition) is 9. The van der Waals surface area contributed by atoms with Crippen molar-refractivity contribution in [2.45, 2.75) is 26.0 Å². The van der Waals surface area contributed by atoms with E-state index in [0.29, 0.717) is 38.2 Å². The molecule has 0 saturated carbocycles. The molecule has 0 aliphatic rings. The highest BCUT2D eigenvalue weighted by molar-refractivity contribution is 7.17. The molecule has 194 valence electrons. The summed E-state index contributed by atoms with van der Waals surface area (Å²) in [5.41, 5.74) is 7.16. The molecule has 0 atom stereocenters. The van der Waals surface area contributed by atoms with E-state index in [1.165, 1.54) is 17.5 Å². The molecule has 5 aromatic rings. The number of aromatic nitrogens is 3. The van der Waals surface area contributed by atoms with Crippen molar-refractivity contribution in [3.8, 4) is 10.6 Å². The highest BCUT2D eigenvalue weighted by Gasteiger charge is 2.22. The van der Waals surface area contributed by atoms with Crippen LogP contribution in [0.3, 0.4) is 0 Å². The summed E-state index contributed by atoms with van der Waals surface area (Å²) < 4.78 is 7.10. The lowest BCUT2D eigenvalue weighted by atomic mass is 10.1. The van der Waals surface area contributed by atoms with Crippen LogP contribution in [0.15, 0.2) is 71.3 Å². The predicted octanol–water partition coefficient (Wildman–Crippen LogP) is 4.65. The second kappa shape index (κ2) is 10.1. The molecule has 11 heteroatoms. The minimum Gasteiger partial charge on any atom is -0.423 e. The molecule has 1 amide bonds. The number of anilines is 3. The maximum absolute atomic E-state index is 13.1. The Hall–Kier alpha value is -4.48. The van der Waals surface area contributed by atoms with Gasteiger partial charge in [-0.1, -0.05) is 30.3 Å². The van der Waals surface area contributed by atoms with Gasteiger partial charge in [-0.05, 0) is 44.2 Å². The lowest BCUT2D eigenvalue weighted by Gasteiger charge is -2.20. The SMILES string of the molecule is CC(C)(O)Cn1c(NC(=O)c2ccc(-c3cnc(N)o3)s2)nc2cc(NCC(=O)c3ccccc3)ccc21. The zero-order chi connectivity index (χ0) is 26.9. The van der Waals surface area contributed by atoms with Gasteiger partial charge in [0.1, 0.15) is 0 Å². The van der Waals surface area contributed by atoms with Gasteiger partial charge in [0.2, 0.25) is 5.95 Å². The van der Waals surface area contributed by atoms with Crippen molar-refractivity contribution in [3.63, 3.8) is 0 Å². The van der Waals surface area contributed by atoms with Crippen molar-refractivity contribution < 1.29 is 19.1 Å². The second-order valence-corrected chi connectivity index (χ2v) is 10.4. The van der Waals surface area contributed by atoms with Crippen LogP contribution in [0.25, 0.3) is 21.7 Å². The first-order chi connectivity index (χ1) is 18.2. The normalized spacial score (nSPS) is 11.6. The number of rotatable bonds is 9. The van der Waals surface area contributed by atoms with Crippen LogP contribution < -0.4 is 16.4 Å². The molecule has 5 rings (SSSR count). The number of carbonyl (C=O) groups is 2. The Morgan fingerprint density at radius 3 is 2.63 bits per heavy atom. The Kier molecular flexibility index (Phi) is 6.70. The second-order valence-electron chi connectivity index (χ2n) is 9.36. The first-order valence-corrected chi connectivity index (χ1v) is 12.7. The Morgan fingerprint density at radius 1 is 1.13 bits per heavy atom. The molecule has 0 spiro atoms. The molecule has 0 bridgehead atoms. The molecule has 5 N–H and O–H groups in total. The van der Waals surface area contributed by atoms with E-state index in [2.05, 4.69) is 20.6 Å². The van der Waals surface area contributed by atoms with Gasteiger partial charge in [-0.2, -0.15) is 0 Å². The molecule has 38 heavy (non-hydrogen) atoms. The van der Waals surface area contributed by atoms with Crippen LogP contribution in [0, 0.1) is 0 Å². The lowest BCUT2D eigenvalue weighted by Crippen LogP contribution is -2.27. The van der Waals surface area contributed by atoms with Crippen molar-refractivity contribution in [3.05, 3.63) is 77.3 Å². The molecule has 3 aromatic heterocycles. The molecule has 0 unspecified atom stereocenters. The average Bonchev–Trinajstić information content (AvgIpc) is 3.61. The van der Waals surface area contributed by atoms with Crippen LogP contribution in [0.2, 0.25) is 0 Å². The number of benzene rings is 2. The third kappa shape index (κ3) is 5.58. The number of aliphatic hydroxyl groups is 1. The topological polar surface area (TPSA) is 148 Å². The molecule has 3 heterocycles. The number of Topliss-reactive ketones (excluding diaryl/α,β-unsaturated/α-hetero) is 1. The molecular weight excluding hydrogens is 504 g/mol. The van der Waals surface area contributed by atoms with Gasteiger partial charge in [0.05, 0.1) is 45.7 Å². The summed E-state index contributed by atoms with van der Waals surface area (Å²) in [5, 5.41) is 16.5. The Morgan fingerprint density at radius 2 is 1.92 bits per heavy atom. The maximum atomic E-state index is 13.1. The van der Waals surface area contributed by atoms with Crippen LogP contribution in [0.4, 0.5) is 17.7 Å². The van der Waals surface area contributed by atoms with Crippen molar-refractivity contribution in [1.29, 1.82) is 0 Å². The molecule has 2 aromatic carbocycles. The van der Waals surface area contributed by atoms with Crippen molar-refractivity contribution >= 4 is 51.7 Å². The number of carbonyl (C=O) groups excluding carboxylic acids is 2. The monoisotopic (exact) mass is 530 g/mol. The highest BCUT2D eigenvalue weighted by Crippen LogP contribution is 2.30. The summed E-state index contributed by atoms with van der Waals surface area (Å²) in [5.74, 6) is 0.387. The molecular formula is C27H26N6O4S. The zero-order valence-electron chi connectivity index (χ0n) is 20.8. The van der Waals surface area contributed by atoms with E-state index in [4.69, 9.17) is 10.2 Å². The number of hydrogen-bond donors (Lipinski definition) is 4. The van der Waals surface area contributed by atoms with Gasteiger partial charge in [0.15, 0.2) is 11.5 Å². The van der Waals surface area contributed by atoms with E-state index >= 15 is 0 Å². The zero-order valence-corrected chi connectivity index (χ0v) is 21.6. The largest absolute Gasteiger partial charge is 0.423 e. The number of imidazole rings is 1. The maximum Gasteiger partial charge on any atom is 0.292 e. The highest BCUT2D eigenvalue weighted by atomic mass is 32.1. The smallest absolute Gasteiger partial charge is 0.292 e. The third-order valence-corrected chi connectivity index (χ3v) is 6.76. The molecule has 10 nitrogen and oxygen atoms in total. The summed E-state index contributed by atoms with van der Waals surface area (Å²) in [7, 11) is 0. The van der Waals surface area contributed by atoms with Crippen molar-refractivity contribution in [2.24, 2.45) is 0 Å². The first kappa shape index (κ1) is 25.2. The Balaban J connectivity index is 1.38. The number of thiophene rings is 1. The minimum absolute atomic E-state index is 0.0328. The number of amides is 1. The van der Waals surface area contributed by atoms with Crippen LogP contribution in [0.1, 0.15) is 33.9 Å². The van der Waals surface area contributed by atoms with E-state index in [9.17, 15) is 14.7 Å². The predicted molar refractivity (Wildman–Crippen MR) is 147 cm³/mol. The van der Waals surface area contributed by atoms with E-state index in [1.54, 1.807) is 42.7 Å². The quantitative estimate of drug-likeness (QED) is 0.201. The summed E-state index contributed by atoms with van der Waals surface area (Å²) in [4.78, 5) is 35.2. The van der Waals surface area contributed by atoms with E-state index in [1.807, 2.05) is 36.4 Å². The van der Waals surface area contributed by atoms with Gasteiger partial charge in [-0.3, -0.25) is 14.9 Å². The number of fused-ring (bicyclic) bond motifs is 1. The standard InChI is InChI=1S/C27H26N6O4S/c1-27(2,36)15-33-19-9-8-17(29-13-20(34)16-6-4-3-5-7-16)12-18(19)31-26(33)32-24(35)23-11-10-22(38-23)21-14-30-25(28)37-21/h3-12,14,29,36H,13,15H2,1-2H3,(H2,28,30)(H,31,32,35). The summed E-state index contributed by atoms with van der Waals surface area (Å²) in [6.45, 7) is 3.70. The van der Waals surface area contributed by atoms with Crippen LogP contribution in [-0.4, -0.2) is 43.5 Å². The number of nitrogen functional groups attached to an aromatic ring is 1. The molecule has 0 radical (unpaired) electrons. The van der Waals surface area contributed by atoms with Crippen LogP contribution in [-0.2, 0) is 6.54 Å². The number of nitrogens with zero attached hydrogens (tertiary/aromatic N) is 3. The van der Waals surface area contributed by atoms with Crippen LogP contribution in [0.5, 0.6) is 0 Å². The Labute approximate surface area is 222 Å². The van der Waals surface area contributed by atoms with Crippen LogP contribution >= 0.6 is 11.3 Å². The molecule has 0 fully saturated rings. The third-order valence-electron chi connectivity index (χ3n) is 5.66. The van der Waals surface area contributed by atoms with Gasteiger partial charge < -0.3 is 25.1 Å². The molecule has 0 saturated heterocycles. The van der Waals surface area contributed by atoms with Gasteiger partial charge >= 0.3 is 0 Å². The lowest BCUT2D eigenvalue weighted by molar-refractivity contribution is 0.0630. The summed E-state index contributed by atoms with van der Waals surface area (Å²) in [6.07, 6.45) is 1.50. The van der Waals surface area contributed by atoms with E-state index in [-0.39, 0.29) is 30.8 Å². The van der Waals surface area contributed by atoms with E-state index in [0.717, 1.165) is 5.52 Å². The number of oxazole rings is 1. The fourth-order valence-electron chi connectivity index (χ4n) is 3.95. The van der Waals surface area contributed by atoms with Gasteiger partial charge in [-0.25, -0.2) is 9.97 Å². The number of nitrogens with two attached hydrogens (primary N) is 1. The van der Waals surface area contributed by atoms with Gasteiger partial charge in [0, 0.05) is 11.3 Å². The van der Waals surface area contributed by atoms with Crippen molar-refractivity contribution in [2.75, 3.05) is 22.9 Å². The minimum atomic E-state index is -1.06. The Bertz CT molecular complexity index is 1610. The van der Waals surface area contributed by atoms with E-state index < -0.39 is 5.60 Å². The first-order valence-electron chi connectivity index (χ1n) is 11.8. The summed E-state index contributed by atoms with van der Waals surface area (Å²) >= 11 is 1.23. The fraction of sp³-hybridized carbons (Fsp3) is 0.185. The molecule has 0 aliphatic carbocycles. The number of nitrogens with one attached hydrogen (secondary N) is 2. The van der Waals surface area contributed by atoms with Crippen molar-refractivity contribution in [1.82, 2.24) is 14.5 Å². The van der Waals surface area contributed by atoms with Gasteiger partial charge in [0.25, 0.3) is 11.9 Å². The molecule has 0 aliphatic heterocycles.